The van der Waals surface area contributed by atoms with Gasteiger partial charge in [0.15, 0.2) is 0 Å². The lowest BCUT2D eigenvalue weighted by atomic mass is 9.95. The molecule has 0 bridgehead atoms. The Hall–Kier alpha value is -2.09. The van der Waals surface area contributed by atoms with E-state index in [4.69, 9.17) is 4.74 Å². The fourth-order valence-corrected chi connectivity index (χ4v) is 2.02. The van der Waals surface area contributed by atoms with Crippen molar-refractivity contribution in [2.75, 3.05) is 0 Å². The maximum atomic E-state index is 14.3. The molecule has 0 amide bonds. The van der Waals surface area contributed by atoms with Crippen LogP contribution in [0.3, 0.4) is 0 Å². The minimum absolute atomic E-state index is 0.0620. The van der Waals surface area contributed by atoms with E-state index in [2.05, 4.69) is 19.7 Å². The summed E-state index contributed by atoms with van der Waals surface area (Å²) >= 11 is 0. The molecule has 1 atom stereocenters. The summed E-state index contributed by atoms with van der Waals surface area (Å²) in [7, 11) is 0. The number of ether oxygens (including phenoxy) is 1. The second-order valence-corrected chi connectivity index (χ2v) is 5.16. The highest BCUT2D eigenvalue weighted by atomic mass is 19.1. The number of halogens is 1. The molecular weight excluding hydrogens is 263 g/mol. The molecule has 112 valence electrons. The van der Waals surface area contributed by atoms with Gasteiger partial charge in [0.25, 0.3) is 0 Å². The summed E-state index contributed by atoms with van der Waals surface area (Å²) in [6.45, 7) is 17.1. The molecular formula is C19H23FO. The largest absolute Gasteiger partial charge is 0.495 e. The maximum Gasteiger partial charge on any atom is 0.131 e. The van der Waals surface area contributed by atoms with Gasteiger partial charge in [0.2, 0.25) is 0 Å². The predicted molar refractivity (Wildman–Crippen MR) is 88.5 cm³/mol. The molecule has 1 unspecified atom stereocenters. The minimum Gasteiger partial charge on any atom is -0.495 e. The molecule has 2 heteroatoms. The number of hydrogen-bond donors (Lipinski definition) is 0. The summed E-state index contributed by atoms with van der Waals surface area (Å²) in [6, 6.07) is 5.16. The standard InChI is InChI=1S/C19H23FO/c1-7-9-16(8-2)18-11-10-17(12-19(18)20)14(5)15(6)21-13(3)4/h7-14H,1-2,6H2,3-5H3/b16-9+. The SMILES string of the molecule is C=C/C=C(\C=C)c1ccc(C(C)C(=C)OC(C)C)cc1F. The first-order valence-corrected chi connectivity index (χ1v) is 7.01. The van der Waals surface area contributed by atoms with E-state index < -0.39 is 0 Å². The van der Waals surface area contributed by atoms with Crippen LogP contribution in [0.15, 0.2) is 61.9 Å². The Morgan fingerprint density at radius 2 is 1.90 bits per heavy atom. The third-order valence-electron chi connectivity index (χ3n) is 3.19. The van der Waals surface area contributed by atoms with Crippen LogP contribution < -0.4 is 0 Å². The molecule has 0 aliphatic rings. The molecule has 1 aromatic rings. The molecule has 0 spiro atoms. The lowest BCUT2D eigenvalue weighted by molar-refractivity contribution is 0.136. The summed E-state index contributed by atoms with van der Waals surface area (Å²) in [4.78, 5) is 0. The van der Waals surface area contributed by atoms with E-state index in [0.717, 1.165) is 5.56 Å². The lowest BCUT2D eigenvalue weighted by Crippen LogP contribution is -2.07. The van der Waals surface area contributed by atoms with Crippen LogP contribution in [-0.4, -0.2) is 6.10 Å². The van der Waals surface area contributed by atoms with E-state index in [1.165, 1.54) is 6.07 Å². The molecule has 0 aliphatic carbocycles. The molecule has 1 aromatic carbocycles. The zero-order valence-electron chi connectivity index (χ0n) is 13.0. The third-order valence-corrected chi connectivity index (χ3v) is 3.19. The molecule has 0 fully saturated rings. The molecule has 0 saturated heterocycles. The summed E-state index contributed by atoms with van der Waals surface area (Å²) in [5.74, 6) is 0.291. The fraction of sp³-hybridized carbons (Fsp3) is 0.263. The van der Waals surface area contributed by atoms with Crippen molar-refractivity contribution in [3.05, 3.63) is 78.9 Å². The summed E-state index contributed by atoms with van der Waals surface area (Å²) in [5, 5.41) is 0. The molecule has 0 aliphatic heterocycles. The minimum atomic E-state index is -0.287. The van der Waals surface area contributed by atoms with Crippen LogP contribution in [0, 0.1) is 5.82 Å². The van der Waals surface area contributed by atoms with Crippen LogP contribution in [0.25, 0.3) is 5.57 Å². The second kappa shape index (κ2) is 7.63. The summed E-state index contributed by atoms with van der Waals surface area (Å²) in [5.41, 5.74) is 2.05. The maximum absolute atomic E-state index is 14.3. The lowest BCUT2D eigenvalue weighted by Gasteiger charge is -2.19. The van der Waals surface area contributed by atoms with E-state index in [9.17, 15) is 4.39 Å². The number of benzene rings is 1. The van der Waals surface area contributed by atoms with E-state index >= 15 is 0 Å². The Morgan fingerprint density at radius 1 is 1.24 bits per heavy atom. The van der Waals surface area contributed by atoms with E-state index in [-0.39, 0.29) is 17.8 Å². The van der Waals surface area contributed by atoms with Crippen molar-refractivity contribution in [2.45, 2.75) is 32.8 Å². The number of rotatable bonds is 7. The Labute approximate surface area is 127 Å². The van der Waals surface area contributed by atoms with Gasteiger partial charge in [-0.3, -0.25) is 0 Å². The van der Waals surface area contributed by atoms with Crippen LogP contribution in [0.2, 0.25) is 0 Å². The third kappa shape index (κ3) is 4.45. The van der Waals surface area contributed by atoms with Gasteiger partial charge in [-0.15, -0.1) is 0 Å². The van der Waals surface area contributed by atoms with Crippen LogP contribution in [0.1, 0.15) is 37.8 Å². The highest BCUT2D eigenvalue weighted by molar-refractivity contribution is 5.75. The van der Waals surface area contributed by atoms with Gasteiger partial charge in [0, 0.05) is 11.5 Å². The topological polar surface area (TPSA) is 9.23 Å². The van der Waals surface area contributed by atoms with Crippen molar-refractivity contribution in [1.82, 2.24) is 0 Å². The van der Waals surface area contributed by atoms with E-state index in [0.29, 0.717) is 16.9 Å². The van der Waals surface area contributed by atoms with Gasteiger partial charge < -0.3 is 4.74 Å². The molecule has 0 N–H and O–H groups in total. The van der Waals surface area contributed by atoms with Crippen LogP contribution in [0.4, 0.5) is 4.39 Å². The van der Waals surface area contributed by atoms with Crippen LogP contribution in [0.5, 0.6) is 0 Å². The quantitative estimate of drug-likeness (QED) is 0.466. The van der Waals surface area contributed by atoms with Crippen molar-refractivity contribution >= 4 is 5.57 Å². The van der Waals surface area contributed by atoms with Gasteiger partial charge in [-0.25, -0.2) is 4.39 Å². The van der Waals surface area contributed by atoms with Gasteiger partial charge in [0.05, 0.1) is 11.9 Å². The monoisotopic (exact) mass is 286 g/mol. The zero-order valence-corrected chi connectivity index (χ0v) is 13.0. The zero-order chi connectivity index (χ0) is 16.0. The molecule has 1 nitrogen and oxygen atoms in total. The Balaban J connectivity index is 3.07. The summed E-state index contributed by atoms with van der Waals surface area (Å²) in [6.07, 6.45) is 5.02. The van der Waals surface area contributed by atoms with Crippen molar-refractivity contribution in [2.24, 2.45) is 0 Å². The molecule has 0 aromatic heterocycles. The van der Waals surface area contributed by atoms with Gasteiger partial charge in [-0.1, -0.05) is 57.0 Å². The number of allylic oxidation sites excluding steroid dienone is 5. The first kappa shape index (κ1) is 17.0. The van der Waals surface area contributed by atoms with Gasteiger partial charge in [-0.2, -0.15) is 0 Å². The first-order valence-electron chi connectivity index (χ1n) is 7.01. The first-order chi connectivity index (χ1) is 9.90. The Bertz CT molecular complexity index is 567. The van der Waals surface area contributed by atoms with Crippen molar-refractivity contribution in [1.29, 1.82) is 0 Å². The molecule has 0 heterocycles. The molecule has 1 rings (SSSR count). The summed E-state index contributed by atoms with van der Waals surface area (Å²) < 4.78 is 19.9. The predicted octanol–water partition coefficient (Wildman–Crippen LogP) is 5.62. The average Bonchev–Trinajstić information content (AvgIpc) is 2.43. The van der Waals surface area contributed by atoms with Crippen LogP contribution >= 0.6 is 0 Å². The normalized spacial score (nSPS) is 12.9. The second-order valence-electron chi connectivity index (χ2n) is 5.16. The van der Waals surface area contributed by atoms with E-state index in [1.54, 1.807) is 24.3 Å². The van der Waals surface area contributed by atoms with E-state index in [1.807, 2.05) is 26.8 Å². The smallest absolute Gasteiger partial charge is 0.131 e. The Morgan fingerprint density at radius 3 is 2.38 bits per heavy atom. The molecule has 0 saturated carbocycles. The van der Waals surface area contributed by atoms with Crippen molar-refractivity contribution in [3.63, 3.8) is 0 Å². The number of hydrogen-bond acceptors (Lipinski definition) is 1. The van der Waals surface area contributed by atoms with Crippen LogP contribution in [-0.2, 0) is 4.74 Å². The molecule has 21 heavy (non-hydrogen) atoms. The average molecular weight is 286 g/mol. The van der Waals surface area contributed by atoms with Gasteiger partial charge in [0.1, 0.15) is 5.82 Å². The van der Waals surface area contributed by atoms with Gasteiger partial charge >= 0.3 is 0 Å². The fourth-order valence-electron chi connectivity index (χ4n) is 2.02. The highest BCUT2D eigenvalue weighted by Gasteiger charge is 2.15. The van der Waals surface area contributed by atoms with Gasteiger partial charge in [-0.05, 0) is 31.1 Å². The van der Waals surface area contributed by atoms with Crippen molar-refractivity contribution in [3.8, 4) is 0 Å². The highest BCUT2D eigenvalue weighted by Crippen LogP contribution is 2.28. The van der Waals surface area contributed by atoms with Crippen molar-refractivity contribution < 1.29 is 9.13 Å². The Kier molecular flexibility index (Phi) is 6.16. The molecule has 0 radical (unpaired) electrons.